The van der Waals surface area contributed by atoms with Gasteiger partial charge in [0.2, 0.25) is 0 Å². The van der Waals surface area contributed by atoms with Crippen LogP contribution in [-0.2, 0) is 6.42 Å². The third kappa shape index (κ3) is 4.00. The Balaban J connectivity index is 1.35. The van der Waals surface area contributed by atoms with Gasteiger partial charge in [0, 0.05) is 27.2 Å². The smallest absolute Gasteiger partial charge is 0.264 e. The van der Waals surface area contributed by atoms with Crippen molar-refractivity contribution in [1.82, 2.24) is 9.88 Å². The molecular formula is C21H25N3O2S2. The van der Waals surface area contributed by atoms with Crippen molar-refractivity contribution in [2.45, 2.75) is 19.3 Å². The Morgan fingerprint density at radius 2 is 1.93 bits per heavy atom. The number of amides is 1. The molecule has 1 fully saturated rings. The summed E-state index contributed by atoms with van der Waals surface area (Å²) in [6.07, 6.45) is 3.18. The van der Waals surface area contributed by atoms with Gasteiger partial charge in [0.15, 0.2) is 5.13 Å². The Labute approximate surface area is 173 Å². The second-order valence-corrected chi connectivity index (χ2v) is 9.50. The average molecular weight is 416 g/mol. The van der Waals surface area contributed by atoms with Crippen molar-refractivity contribution in [2.24, 2.45) is 5.92 Å². The zero-order valence-electron chi connectivity index (χ0n) is 16.5. The molecule has 2 aromatic heterocycles. The molecule has 1 aliphatic rings. The van der Waals surface area contributed by atoms with Crippen LogP contribution >= 0.6 is 22.7 Å². The summed E-state index contributed by atoms with van der Waals surface area (Å²) in [6.45, 7) is 1.67. The molecule has 28 heavy (non-hydrogen) atoms. The number of piperidine rings is 1. The van der Waals surface area contributed by atoms with E-state index in [1.165, 1.54) is 16.9 Å². The van der Waals surface area contributed by atoms with E-state index in [2.05, 4.69) is 17.1 Å². The molecule has 0 N–H and O–H groups in total. The Kier molecular flexibility index (Phi) is 5.55. The molecule has 0 spiro atoms. The zero-order valence-corrected chi connectivity index (χ0v) is 18.1. The fraction of sp³-hybridized carbons (Fsp3) is 0.429. The zero-order chi connectivity index (χ0) is 19.7. The molecule has 3 aromatic rings. The van der Waals surface area contributed by atoms with Crippen LogP contribution in [0, 0.1) is 5.92 Å². The van der Waals surface area contributed by atoms with E-state index >= 15 is 0 Å². The molecule has 1 aliphatic heterocycles. The molecule has 1 amide bonds. The van der Waals surface area contributed by atoms with Gasteiger partial charge in [-0.15, -0.1) is 11.3 Å². The third-order valence-corrected chi connectivity index (χ3v) is 7.57. The monoisotopic (exact) mass is 415 g/mol. The summed E-state index contributed by atoms with van der Waals surface area (Å²) in [5.74, 6) is 1.69. The molecule has 7 heteroatoms. The number of hydrogen-bond acceptors (Lipinski definition) is 6. The average Bonchev–Trinajstić information content (AvgIpc) is 3.28. The molecule has 0 bridgehead atoms. The van der Waals surface area contributed by atoms with Crippen LogP contribution in [0.25, 0.3) is 9.53 Å². The van der Waals surface area contributed by atoms with Gasteiger partial charge in [-0.2, -0.15) is 0 Å². The van der Waals surface area contributed by atoms with E-state index < -0.39 is 0 Å². The molecule has 0 aliphatic carbocycles. The van der Waals surface area contributed by atoms with E-state index in [-0.39, 0.29) is 5.91 Å². The Morgan fingerprint density at radius 1 is 1.21 bits per heavy atom. The van der Waals surface area contributed by atoms with Crippen molar-refractivity contribution in [3.05, 3.63) is 40.8 Å². The van der Waals surface area contributed by atoms with Crippen LogP contribution in [0.2, 0.25) is 0 Å². The molecule has 0 atom stereocenters. The van der Waals surface area contributed by atoms with Gasteiger partial charge in [0.05, 0.1) is 16.7 Å². The van der Waals surface area contributed by atoms with Crippen LogP contribution in [-0.4, -0.2) is 50.1 Å². The summed E-state index contributed by atoms with van der Waals surface area (Å²) in [6, 6.07) is 10.3. The van der Waals surface area contributed by atoms with Gasteiger partial charge in [0.1, 0.15) is 10.6 Å². The maximum absolute atomic E-state index is 12.9. The van der Waals surface area contributed by atoms with E-state index in [9.17, 15) is 4.79 Å². The molecule has 0 unspecified atom stereocenters. The van der Waals surface area contributed by atoms with E-state index in [1.807, 2.05) is 42.1 Å². The first kappa shape index (κ1) is 19.2. The van der Waals surface area contributed by atoms with Crippen LogP contribution in [0.3, 0.4) is 0 Å². The number of anilines is 1. The normalized spacial score (nSPS) is 15.2. The third-order valence-electron chi connectivity index (χ3n) is 5.26. The second-order valence-electron chi connectivity index (χ2n) is 7.46. The van der Waals surface area contributed by atoms with Crippen LogP contribution < -0.4 is 9.64 Å². The minimum Gasteiger partial charge on any atom is -0.497 e. The SMILES string of the molecule is COc1ccc(CC2CCN(C(=O)c3cc4sc(N(C)C)nc4s3)CC2)cc1. The highest BCUT2D eigenvalue weighted by atomic mass is 32.1. The van der Waals surface area contributed by atoms with Gasteiger partial charge in [0.25, 0.3) is 5.91 Å². The summed E-state index contributed by atoms with van der Waals surface area (Å²) < 4.78 is 6.33. The van der Waals surface area contributed by atoms with Crippen molar-refractivity contribution >= 4 is 43.2 Å². The first-order valence-corrected chi connectivity index (χ1v) is 11.2. The Morgan fingerprint density at radius 3 is 2.54 bits per heavy atom. The Hall–Kier alpha value is -2.12. The summed E-state index contributed by atoms with van der Waals surface area (Å²) in [4.78, 5) is 23.3. The lowest BCUT2D eigenvalue weighted by molar-refractivity contribution is 0.0695. The predicted molar refractivity (Wildman–Crippen MR) is 117 cm³/mol. The summed E-state index contributed by atoms with van der Waals surface area (Å²) in [5.41, 5.74) is 1.34. The number of methoxy groups -OCH3 is 1. The number of carbonyl (C=O) groups is 1. The lowest BCUT2D eigenvalue weighted by Crippen LogP contribution is -2.38. The first-order valence-electron chi connectivity index (χ1n) is 9.53. The highest BCUT2D eigenvalue weighted by molar-refractivity contribution is 7.29. The van der Waals surface area contributed by atoms with Gasteiger partial charge in [-0.3, -0.25) is 4.79 Å². The number of thiophene rings is 1. The maximum Gasteiger partial charge on any atom is 0.264 e. The molecule has 1 saturated heterocycles. The number of likely N-dealkylation sites (tertiary alicyclic amines) is 1. The van der Waals surface area contributed by atoms with Crippen LogP contribution in [0.15, 0.2) is 30.3 Å². The van der Waals surface area contributed by atoms with Crippen molar-refractivity contribution in [2.75, 3.05) is 39.2 Å². The van der Waals surface area contributed by atoms with Crippen molar-refractivity contribution < 1.29 is 9.53 Å². The number of ether oxygens (including phenoxy) is 1. The molecule has 3 heterocycles. The van der Waals surface area contributed by atoms with E-state index in [0.29, 0.717) is 5.92 Å². The highest BCUT2D eigenvalue weighted by Gasteiger charge is 2.25. The van der Waals surface area contributed by atoms with E-state index in [0.717, 1.165) is 57.6 Å². The molecule has 0 saturated carbocycles. The number of rotatable bonds is 5. The lowest BCUT2D eigenvalue weighted by Gasteiger charge is -2.31. The standard InChI is InChI=1S/C21H25N3O2S2/c1-23(2)21-22-19-17(28-21)13-18(27-19)20(25)24-10-8-15(9-11-24)12-14-4-6-16(26-3)7-5-14/h4-7,13,15H,8-12H2,1-3H3. The van der Waals surface area contributed by atoms with Crippen molar-refractivity contribution in [3.63, 3.8) is 0 Å². The van der Waals surface area contributed by atoms with E-state index in [4.69, 9.17) is 4.74 Å². The number of nitrogens with zero attached hydrogens (tertiary/aromatic N) is 3. The molecule has 1 aromatic carbocycles. The fourth-order valence-corrected chi connectivity index (χ4v) is 5.71. The molecule has 0 radical (unpaired) electrons. The van der Waals surface area contributed by atoms with Crippen LogP contribution in [0.4, 0.5) is 5.13 Å². The van der Waals surface area contributed by atoms with Crippen LogP contribution in [0.1, 0.15) is 28.1 Å². The number of benzene rings is 1. The number of fused-ring (bicyclic) bond motifs is 1. The number of thiazole rings is 1. The number of carbonyl (C=O) groups excluding carboxylic acids is 1. The number of aromatic nitrogens is 1. The van der Waals surface area contributed by atoms with Gasteiger partial charge in [-0.05, 0) is 48.9 Å². The van der Waals surface area contributed by atoms with Crippen LogP contribution in [0.5, 0.6) is 5.75 Å². The largest absolute Gasteiger partial charge is 0.497 e. The Bertz CT molecular complexity index is 922. The molecule has 148 valence electrons. The minimum absolute atomic E-state index is 0.157. The van der Waals surface area contributed by atoms with Gasteiger partial charge < -0.3 is 14.5 Å². The second kappa shape index (κ2) is 8.09. The summed E-state index contributed by atoms with van der Waals surface area (Å²) >= 11 is 3.15. The predicted octanol–water partition coefficient (Wildman–Crippen LogP) is 4.53. The van der Waals surface area contributed by atoms with E-state index in [1.54, 1.807) is 18.4 Å². The van der Waals surface area contributed by atoms with Gasteiger partial charge in [-0.25, -0.2) is 4.98 Å². The maximum atomic E-state index is 12.9. The lowest BCUT2D eigenvalue weighted by atomic mass is 9.90. The highest BCUT2D eigenvalue weighted by Crippen LogP contribution is 2.35. The fourth-order valence-electron chi connectivity index (χ4n) is 3.61. The first-order chi connectivity index (χ1) is 13.5. The van der Waals surface area contributed by atoms with Crippen molar-refractivity contribution in [1.29, 1.82) is 0 Å². The number of hydrogen-bond donors (Lipinski definition) is 0. The molecular weight excluding hydrogens is 390 g/mol. The molecule has 5 nitrogen and oxygen atoms in total. The molecule has 4 rings (SSSR count). The van der Waals surface area contributed by atoms with Gasteiger partial charge in [-0.1, -0.05) is 23.5 Å². The topological polar surface area (TPSA) is 45.7 Å². The summed E-state index contributed by atoms with van der Waals surface area (Å²) in [7, 11) is 5.67. The minimum atomic E-state index is 0.157. The quantitative estimate of drug-likeness (QED) is 0.614. The van der Waals surface area contributed by atoms with Crippen molar-refractivity contribution in [3.8, 4) is 5.75 Å². The summed E-state index contributed by atoms with van der Waals surface area (Å²) in [5, 5.41) is 0.986. The van der Waals surface area contributed by atoms with Gasteiger partial charge >= 0.3 is 0 Å².